The zero-order valence-corrected chi connectivity index (χ0v) is 17.1. The number of carbonyl (C=O) groups excluding carboxylic acids is 1. The second kappa shape index (κ2) is 9.09. The Morgan fingerprint density at radius 1 is 1.23 bits per heavy atom. The predicted molar refractivity (Wildman–Crippen MR) is 105 cm³/mol. The van der Waals surface area contributed by atoms with Crippen LogP contribution in [-0.4, -0.2) is 50.6 Å². The number of hydrogen-bond donors (Lipinski definition) is 3. The van der Waals surface area contributed by atoms with Crippen LogP contribution in [0.1, 0.15) is 12.0 Å². The fraction of sp³-hybridized carbons (Fsp3) is 0.350. The lowest BCUT2D eigenvalue weighted by Gasteiger charge is -2.40. The van der Waals surface area contributed by atoms with Gasteiger partial charge in [-0.05, 0) is 54.9 Å². The first-order valence-corrected chi connectivity index (χ1v) is 10.8. The molecule has 0 aliphatic carbocycles. The highest BCUT2D eigenvalue weighted by molar-refractivity contribution is 7.92. The lowest BCUT2D eigenvalue weighted by atomic mass is 9.92. The number of piperidine rings is 1. The molecule has 0 spiro atoms. The zero-order chi connectivity index (χ0) is 21.8. The Hall–Kier alpha value is -2.53. The van der Waals surface area contributed by atoms with Gasteiger partial charge in [-0.25, -0.2) is 18.3 Å². The molecule has 1 heterocycles. The Kier molecular flexibility index (Phi) is 6.71. The molecule has 2 atom stereocenters. The van der Waals surface area contributed by atoms with Crippen molar-refractivity contribution in [3.05, 3.63) is 59.9 Å². The average molecular weight is 438 g/mol. The Balaban J connectivity index is 1.79. The van der Waals surface area contributed by atoms with Crippen LogP contribution in [0.3, 0.4) is 0 Å². The zero-order valence-electron chi connectivity index (χ0n) is 16.3. The summed E-state index contributed by atoms with van der Waals surface area (Å²) in [6, 6.07) is 11.7. The normalized spacial score (nSPS) is 21.8. The van der Waals surface area contributed by atoms with Gasteiger partial charge in [0.05, 0.1) is 4.90 Å². The SMILES string of the molecule is COC1(C(=O)NO)CNCCC1S(=O)(=O)c1ccc(OCc2ccc(F)cc2)cc1. The number of methoxy groups -OCH3 is 1. The molecule has 10 heteroatoms. The van der Waals surface area contributed by atoms with E-state index in [1.54, 1.807) is 12.1 Å². The molecule has 0 radical (unpaired) electrons. The van der Waals surface area contributed by atoms with Crippen LogP contribution in [0.15, 0.2) is 53.4 Å². The lowest BCUT2D eigenvalue weighted by Crippen LogP contribution is -2.66. The Bertz CT molecular complexity index is 981. The molecule has 2 unspecified atom stereocenters. The molecule has 1 aliphatic rings. The Morgan fingerprint density at radius 3 is 2.50 bits per heavy atom. The van der Waals surface area contributed by atoms with Gasteiger partial charge < -0.3 is 14.8 Å². The summed E-state index contributed by atoms with van der Waals surface area (Å²) >= 11 is 0. The second-order valence-electron chi connectivity index (χ2n) is 6.92. The van der Waals surface area contributed by atoms with Crippen LogP contribution >= 0.6 is 0 Å². The van der Waals surface area contributed by atoms with Crippen LogP contribution < -0.4 is 15.5 Å². The largest absolute Gasteiger partial charge is 0.489 e. The molecule has 1 amide bonds. The molecule has 0 aromatic heterocycles. The summed E-state index contributed by atoms with van der Waals surface area (Å²) in [5.74, 6) is -0.826. The number of sulfone groups is 1. The second-order valence-corrected chi connectivity index (χ2v) is 9.05. The minimum atomic E-state index is -3.96. The monoisotopic (exact) mass is 438 g/mol. The maximum absolute atomic E-state index is 13.3. The third-order valence-corrected chi connectivity index (χ3v) is 7.48. The fourth-order valence-corrected chi connectivity index (χ4v) is 5.57. The summed E-state index contributed by atoms with van der Waals surface area (Å²) in [6.07, 6.45) is 0.131. The number of hydroxylamine groups is 1. The predicted octanol–water partition coefficient (Wildman–Crippen LogP) is 1.43. The molecule has 1 fully saturated rings. The third-order valence-electron chi connectivity index (χ3n) is 5.19. The van der Waals surface area contributed by atoms with Crippen molar-refractivity contribution in [3.8, 4) is 5.75 Å². The van der Waals surface area contributed by atoms with E-state index in [1.807, 2.05) is 0 Å². The molecule has 0 bridgehead atoms. The molecule has 3 rings (SSSR count). The highest BCUT2D eigenvalue weighted by atomic mass is 32.2. The first-order valence-electron chi connectivity index (χ1n) is 9.25. The number of ether oxygens (including phenoxy) is 2. The molecule has 0 saturated carbocycles. The van der Waals surface area contributed by atoms with E-state index in [1.165, 1.54) is 49.0 Å². The van der Waals surface area contributed by atoms with E-state index in [0.717, 1.165) is 5.56 Å². The van der Waals surface area contributed by atoms with Crippen LogP contribution in [0.5, 0.6) is 5.75 Å². The van der Waals surface area contributed by atoms with Crippen LogP contribution in [0.25, 0.3) is 0 Å². The topological polar surface area (TPSA) is 114 Å². The summed E-state index contributed by atoms with van der Waals surface area (Å²) in [4.78, 5) is 12.3. The van der Waals surface area contributed by atoms with Gasteiger partial charge in [-0.2, -0.15) is 0 Å². The van der Waals surface area contributed by atoms with Gasteiger partial charge in [0.15, 0.2) is 15.4 Å². The van der Waals surface area contributed by atoms with E-state index in [-0.39, 0.29) is 30.3 Å². The maximum atomic E-state index is 13.3. The summed E-state index contributed by atoms with van der Waals surface area (Å²) in [7, 11) is -2.73. The van der Waals surface area contributed by atoms with Crippen LogP contribution in [-0.2, 0) is 26.0 Å². The van der Waals surface area contributed by atoms with Crippen molar-refractivity contribution in [2.45, 2.75) is 28.8 Å². The van der Waals surface area contributed by atoms with Gasteiger partial charge in [-0.3, -0.25) is 10.0 Å². The number of nitrogens with one attached hydrogen (secondary N) is 2. The molecule has 30 heavy (non-hydrogen) atoms. The third kappa shape index (κ3) is 4.31. The van der Waals surface area contributed by atoms with E-state index in [2.05, 4.69) is 5.32 Å². The van der Waals surface area contributed by atoms with Gasteiger partial charge >= 0.3 is 0 Å². The molecule has 2 aromatic carbocycles. The van der Waals surface area contributed by atoms with Crippen molar-refractivity contribution in [2.24, 2.45) is 0 Å². The van der Waals surface area contributed by atoms with Gasteiger partial charge in [0.25, 0.3) is 5.91 Å². The van der Waals surface area contributed by atoms with Crippen molar-refractivity contribution >= 4 is 15.7 Å². The van der Waals surface area contributed by atoms with Gasteiger partial charge in [0.2, 0.25) is 0 Å². The van der Waals surface area contributed by atoms with Crippen LogP contribution in [0.2, 0.25) is 0 Å². The van der Waals surface area contributed by atoms with E-state index in [9.17, 15) is 17.6 Å². The molecule has 8 nitrogen and oxygen atoms in total. The molecular formula is C20H23FN2O6S. The summed E-state index contributed by atoms with van der Waals surface area (Å²) < 4.78 is 50.4. The van der Waals surface area contributed by atoms with Gasteiger partial charge in [-0.15, -0.1) is 0 Å². The summed E-state index contributed by atoms with van der Waals surface area (Å²) in [5.41, 5.74) is 0.519. The molecule has 1 saturated heterocycles. The van der Waals surface area contributed by atoms with E-state index >= 15 is 0 Å². The average Bonchev–Trinajstić information content (AvgIpc) is 2.78. The van der Waals surface area contributed by atoms with Crippen molar-refractivity contribution in [2.75, 3.05) is 20.2 Å². The molecule has 1 aliphatic heterocycles. The number of halogens is 1. The summed E-state index contributed by atoms with van der Waals surface area (Å²) in [6.45, 7) is 0.523. The quantitative estimate of drug-likeness (QED) is 0.443. The maximum Gasteiger partial charge on any atom is 0.278 e. The lowest BCUT2D eigenvalue weighted by molar-refractivity contribution is -0.153. The first kappa shape index (κ1) is 22.2. The number of benzene rings is 2. The molecule has 3 N–H and O–H groups in total. The van der Waals surface area contributed by atoms with Gasteiger partial charge in [0.1, 0.15) is 23.4 Å². The number of hydrogen-bond acceptors (Lipinski definition) is 7. The Morgan fingerprint density at radius 2 is 1.90 bits per heavy atom. The first-order chi connectivity index (χ1) is 14.3. The van der Waals surface area contributed by atoms with E-state index < -0.39 is 26.6 Å². The minimum Gasteiger partial charge on any atom is -0.489 e. The summed E-state index contributed by atoms with van der Waals surface area (Å²) in [5, 5.41) is 10.9. The van der Waals surface area contributed by atoms with Gasteiger partial charge in [0, 0.05) is 13.7 Å². The minimum absolute atomic E-state index is 0.00990. The number of rotatable bonds is 7. The van der Waals surface area contributed by atoms with Crippen molar-refractivity contribution in [1.29, 1.82) is 0 Å². The molecule has 162 valence electrons. The van der Waals surface area contributed by atoms with E-state index in [0.29, 0.717) is 12.3 Å². The number of amides is 1. The van der Waals surface area contributed by atoms with Crippen molar-refractivity contribution < 1.29 is 32.3 Å². The Labute approximate surface area is 173 Å². The van der Waals surface area contributed by atoms with Crippen LogP contribution in [0.4, 0.5) is 4.39 Å². The molecular weight excluding hydrogens is 415 g/mol. The smallest absolute Gasteiger partial charge is 0.278 e. The number of carbonyl (C=O) groups is 1. The van der Waals surface area contributed by atoms with Crippen LogP contribution in [0, 0.1) is 5.82 Å². The highest BCUT2D eigenvalue weighted by Gasteiger charge is 2.54. The van der Waals surface area contributed by atoms with Gasteiger partial charge in [-0.1, -0.05) is 12.1 Å². The standard InChI is InChI=1S/C20H23FN2O6S/c1-28-20(19(24)23-25)13-22-11-10-18(20)30(26,27)17-8-6-16(7-9-17)29-12-14-2-4-15(21)5-3-14/h2-9,18,22,25H,10-13H2,1H3,(H,23,24). The highest BCUT2D eigenvalue weighted by Crippen LogP contribution is 2.32. The van der Waals surface area contributed by atoms with E-state index in [4.69, 9.17) is 14.7 Å². The fourth-order valence-electron chi connectivity index (χ4n) is 3.51. The molecule has 2 aromatic rings. The van der Waals surface area contributed by atoms with Crippen molar-refractivity contribution in [3.63, 3.8) is 0 Å². The van der Waals surface area contributed by atoms with Crippen molar-refractivity contribution in [1.82, 2.24) is 10.8 Å².